The van der Waals surface area contributed by atoms with Gasteiger partial charge in [-0.1, -0.05) is 58.4 Å². The summed E-state index contributed by atoms with van der Waals surface area (Å²) in [6, 6.07) is 6.34. The number of hydrogen-bond donors (Lipinski definition) is 1. The molecule has 1 aromatic rings. The van der Waals surface area contributed by atoms with Crippen LogP contribution in [0.1, 0.15) is 60.8 Å². The van der Waals surface area contributed by atoms with Gasteiger partial charge in [0.1, 0.15) is 11.6 Å². The molecule has 1 spiro atoms. The van der Waals surface area contributed by atoms with Crippen LogP contribution in [-0.2, 0) is 19.1 Å². The lowest BCUT2D eigenvalue weighted by Crippen LogP contribution is -2.60. The Morgan fingerprint density at radius 3 is 2.20 bits per heavy atom. The summed E-state index contributed by atoms with van der Waals surface area (Å²) in [5, 5.41) is 10.7. The van der Waals surface area contributed by atoms with Crippen LogP contribution < -0.4 is 9.80 Å². The molecular formula is C35H50N4O5. The number of benzene rings is 1. The average molecular weight is 607 g/mol. The molecular weight excluding hydrogens is 556 g/mol. The predicted octanol–water partition coefficient (Wildman–Crippen LogP) is 4.01. The molecule has 4 heterocycles. The molecule has 9 heteroatoms. The fraction of sp³-hybridized carbons (Fsp3) is 0.629. The van der Waals surface area contributed by atoms with E-state index in [9.17, 15) is 19.5 Å². The van der Waals surface area contributed by atoms with Crippen LogP contribution >= 0.6 is 0 Å². The van der Waals surface area contributed by atoms with Crippen LogP contribution in [0.5, 0.6) is 0 Å². The van der Waals surface area contributed by atoms with Crippen molar-refractivity contribution in [1.29, 1.82) is 0 Å². The first-order valence-corrected chi connectivity index (χ1v) is 16.6. The number of fused-ring (bicyclic) bond motifs is 2. The van der Waals surface area contributed by atoms with Crippen molar-refractivity contribution in [3.63, 3.8) is 0 Å². The number of aliphatic hydroxyl groups is 1. The average Bonchev–Trinajstić information content (AvgIpc) is 3.33. The number of carbonyl (C=O) groups excluding carboxylic acids is 3. The molecule has 0 aromatic heterocycles. The maximum absolute atomic E-state index is 14.9. The molecule has 1 unspecified atom stereocenters. The molecule has 240 valence electrons. The second kappa shape index (κ2) is 12.7. The lowest BCUT2D eigenvalue weighted by molar-refractivity contribution is -0.153. The van der Waals surface area contributed by atoms with Crippen molar-refractivity contribution in [1.82, 2.24) is 9.80 Å². The Morgan fingerprint density at radius 2 is 1.61 bits per heavy atom. The largest absolute Gasteiger partial charge is 0.394 e. The third-order valence-electron chi connectivity index (χ3n) is 10.6. The number of amides is 3. The Kier molecular flexibility index (Phi) is 9.29. The van der Waals surface area contributed by atoms with E-state index in [0.717, 1.165) is 37.3 Å². The molecule has 4 aliphatic heterocycles. The minimum Gasteiger partial charge on any atom is -0.394 e. The van der Waals surface area contributed by atoms with Crippen LogP contribution in [0.4, 0.5) is 11.4 Å². The van der Waals surface area contributed by atoms with Crippen molar-refractivity contribution in [2.75, 3.05) is 49.1 Å². The van der Waals surface area contributed by atoms with Gasteiger partial charge in [-0.3, -0.25) is 14.4 Å². The minimum absolute atomic E-state index is 0.0704. The van der Waals surface area contributed by atoms with Gasteiger partial charge in [0.25, 0.3) is 5.91 Å². The highest BCUT2D eigenvalue weighted by Gasteiger charge is 2.76. The topological polar surface area (TPSA) is 93.6 Å². The number of nitrogens with zero attached hydrogens (tertiary/aromatic N) is 4. The Bertz CT molecular complexity index is 1290. The second-order valence-corrected chi connectivity index (χ2v) is 12.7. The Hall–Kier alpha value is -3.17. The fourth-order valence-corrected chi connectivity index (χ4v) is 8.06. The predicted molar refractivity (Wildman–Crippen MR) is 172 cm³/mol. The van der Waals surface area contributed by atoms with E-state index in [0.29, 0.717) is 26.1 Å². The molecule has 3 amide bonds. The van der Waals surface area contributed by atoms with E-state index in [1.54, 1.807) is 9.80 Å². The monoisotopic (exact) mass is 606 g/mol. The molecule has 0 bridgehead atoms. The molecule has 1 aromatic carbocycles. The first-order chi connectivity index (χ1) is 21.2. The van der Waals surface area contributed by atoms with E-state index < -0.39 is 35.1 Å². The summed E-state index contributed by atoms with van der Waals surface area (Å²) < 4.78 is 7.10. The lowest BCUT2D eigenvalue weighted by Gasteiger charge is -2.42. The SMILES string of the molecule is CCCN1CC=C[C@@]2(CC)O[C@]34C=CCN(c5ccc(N(CC)CC)cc5)C(=O)C3N([C@@H](CO)[C@@H](C)CC)C(=O)[C@@H]4[C@H]2C1=O. The third kappa shape index (κ3) is 4.87. The van der Waals surface area contributed by atoms with Crippen molar-refractivity contribution < 1.29 is 24.2 Å². The second-order valence-electron chi connectivity index (χ2n) is 12.7. The molecule has 0 radical (unpaired) electrons. The Balaban J connectivity index is 1.65. The number of carbonyl (C=O) groups is 3. The molecule has 2 saturated heterocycles. The van der Waals surface area contributed by atoms with Crippen molar-refractivity contribution >= 4 is 29.1 Å². The molecule has 1 N–H and O–H groups in total. The molecule has 4 aliphatic rings. The summed E-state index contributed by atoms with van der Waals surface area (Å²) in [6.45, 7) is 15.1. The number of ether oxygens (including phenoxy) is 1. The van der Waals surface area contributed by atoms with Crippen LogP contribution in [0.2, 0.25) is 0 Å². The van der Waals surface area contributed by atoms with Crippen LogP contribution in [0.25, 0.3) is 0 Å². The fourth-order valence-electron chi connectivity index (χ4n) is 8.06. The maximum atomic E-state index is 14.9. The molecule has 9 nitrogen and oxygen atoms in total. The van der Waals surface area contributed by atoms with E-state index in [2.05, 4.69) is 18.7 Å². The van der Waals surface area contributed by atoms with Gasteiger partial charge < -0.3 is 29.4 Å². The molecule has 44 heavy (non-hydrogen) atoms. The quantitative estimate of drug-likeness (QED) is 0.383. The smallest absolute Gasteiger partial charge is 0.253 e. The highest BCUT2D eigenvalue weighted by molar-refractivity contribution is 6.06. The zero-order valence-electron chi connectivity index (χ0n) is 27.2. The van der Waals surface area contributed by atoms with Gasteiger partial charge in [0.15, 0.2) is 0 Å². The van der Waals surface area contributed by atoms with E-state index in [-0.39, 0.29) is 30.2 Å². The summed E-state index contributed by atoms with van der Waals surface area (Å²) >= 11 is 0. The Labute approximate surface area is 262 Å². The third-order valence-corrected chi connectivity index (χ3v) is 10.6. The summed E-state index contributed by atoms with van der Waals surface area (Å²) in [5.41, 5.74) is -0.550. The van der Waals surface area contributed by atoms with Gasteiger partial charge in [0.2, 0.25) is 11.8 Å². The number of likely N-dealkylation sites (tertiary alicyclic amines) is 1. The summed E-state index contributed by atoms with van der Waals surface area (Å²) in [7, 11) is 0. The van der Waals surface area contributed by atoms with E-state index in [1.165, 1.54) is 0 Å². The normalized spacial score (nSPS) is 31.0. The molecule has 2 fully saturated rings. The van der Waals surface area contributed by atoms with Gasteiger partial charge in [-0.05, 0) is 56.9 Å². The lowest BCUT2D eigenvalue weighted by atomic mass is 9.73. The highest BCUT2D eigenvalue weighted by Crippen LogP contribution is 2.59. The molecule has 0 saturated carbocycles. The van der Waals surface area contributed by atoms with Crippen molar-refractivity contribution in [2.45, 2.75) is 84.1 Å². The van der Waals surface area contributed by atoms with Gasteiger partial charge in [-0.2, -0.15) is 0 Å². The summed E-state index contributed by atoms with van der Waals surface area (Å²) in [5.74, 6) is -2.37. The molecule has 5 rings (SSSR count). The van der Waals surface area contributed by atoms with Crippen molar-refractivity contribution in [3.8, 4) is 0 Å². The van der Waals surface area contributed by atoms with E-state index in [4.69, 9.17) is 4.74 Å². The zero-order valence-corrected chi connectivity index (χ0v) is 27.2. The van der Waals surface area contributed by atoms with Crippen molar-refractivity contribution in [2.24, 2.45) is 17.8 Å². The van der Waals surface area contributed by atoms with Gasteiger partial charge in [0.05, 0.1) is 30.1 Å². The van der Waals surface area contributed by atoms with Gasteiger partial charge in [-0.15, -0.1) is 0 Å². The molecule has 7 atom stereocenters. The first kappa shape index (κ1) is 32.2. The summed E-state index contributed by atoms with van der Waals surface area (Å²) in [6.07, 6.45) is 9.77. The summed E-state index contributed by atoms with van der Waals surface area (Å²) in [4.78, 5) is 51.4. The number of hydrogen-bond acceptors (Lipinski definition) is 6. The maximum Gasteiger partial charge on any atom is 0.253 e. The van der Waals surface area contributed by atoms with Crippen LogP contribution in [0.15, 0.2) is 48.6 Å². The van der Waals surface area contributed by atoms with Gasteiger partial charge in [-0.25, -0.2) is 0 Å². The van der Waals surface area contributed by atoms with E-state index in [1.807, 2.05) is 81.2 Å². The first-order valence-electron chi connectivity index (χ1n) is 16.6. The minimum atomic E-state index is -1.35. The van der Waals surface area contributed by atoms with Crippen molar-refractivity contribution in [3.05, 3.63) is 48.6 Å². The van der Waals surface area contributed by atoms with E-state index >= 15 is 0 Å². The number of anilines is 2. The van der Waals surface area contributed by atoms with Gasteiger partial charge in [0, 0.05) is 44.1 Å². The number of rotatable bonds is 11. The standard InChI is InChI=1S/C35H50N4O5/c1-7-20-37-21-12-18-34(9-3)28(31(37)41)29-32(42)39(27(23-40)24(6)8-2)30-33(43)38(22-13-19-35(29,30)44-34)26-16-14-25(15-17-26)36(10-4)11-5/h12-19,24,27-30,40H,7-11,20-23H2,1-6H3/t24-,27-,28-,29-,30?,34+,35-/m0/s1. The van der Waals surface area contributed by atoms with Crippen LogP contribution in [0, 0.1) is 17.8 Å². The number of aliphatic hydroxyl groups excluding tert-OH is 1. The van der Waals surface area contributed by atoms with Crippen LogP contribution in [0.3, 0.4) is 0 Å². The Morgan fingerprint density at radius 1 is 0.932 bits per heavy atom. The molecule has 0 aliphatic carbocycles. The highest BCUT2D eigenvalue weighted by atomic mass is 16.5. The van der Waals surface area contributed by atoms with Gasteiger partial charge >= 0.3 is 0 Å². The van der Waals surface area contributed by atoms with Crippen LogP contribution in [-0.4, -0.2) is 95.2 Å². The zero-order chi connectivity index (χ0) is 31.8.